The van der Waals surface area contributed by atoms with Gasteiger partial charge in [-0.05, 0) is 36.4 Å². The van der Waals surface area contributed by atoms with Crippen LogP contribution in [0, 0.1) is 0 Å². The third-order valence-electron chi connectivity index (χ3n) is 3.68. The zero-order valence-electron chi connectivity index (χ0n) is 13.0. The first-order valence-electron chi connectivity index (χ1n) is 7.70. The molecule has 0 aliphatic carbocycles. The Bertz CT molecular complexity index is 667. The van der Waals surface area contributed by atoms with Crippen LogP contribution in [-0.4, -0.2) is 48.3 Å². The summed E-state index contributed by atoms with van der Waals surface area (Å²) < 4.78 is 11.1. The van der Waals surface area contributed by atoms with Crippen LogP contribution in [0.4, 0.5) is 4.79 Å². The van der Waals surface area contributed by atoms with E-state index in [-0.39, 0.29) is 6.04 Å². The van der Waals surface area contributed by atoms with E-state index in [0.717, 1.165) is 6.54 Å². The van der Waals surface area contributed by atoms with E-state index in [2.05, 4.69) is 10.3 Å². The van der Waals surface area contributed by atoms with Gasteiger partial charge in [-0.1, -0.05) is 11.6 Å². The topological polar surface area (TPSA) is 63.7 Å². The van der Waals surface area contributed by atoms with Gasteiger partial charge >= 0.3 is 6.09 Å². The molecule has 126 valence electrons. The molecule has 0 bridgehead atoms. The molecule has 1 aliphatic rings. The molecule has 7 heteroatoms. The molecule has 2 aromatic rings. The Morgan fingerprint density at radius 2 is 2.12 bits per heavy atom. The second kappa shape index (κ2) is 7.99. The van der Waals surface area contributed by atoms with Gasteiger partial charge in [-0.25, -0.2) is 4.79 Å². The van der Waals surface area contributed by atoms with Crippen molar-refractivity contribution < 1.29 is 14.3 Å². The predicted octanol–water partition coefficient (Wildman–Crippen LogP) is 2.59. The fourth-order valence-corrected chi connectivity index (χ4v) is 2.56. The molecule has 1 aromatic carbocycles. The Morgan fingerprint density at radius 3 is 2.88 bits per heavy atom. The fraction of sp³-hybridized carbons (Fsp3) is 0.294. The van der Waals surface area contributed by atoms with Crippen molar-refractivity contribution in [1.29, 1.82) is 0 Å². The number of aromatic nitrogens is 1. The Labute approximate surface area is 145 Å². The molecular weight excluding hydrogens is 330 g/mol. The lowest BCUT2D eigenvalue weighted by Gasteiger charge is -2.35. The Hall–Kier alpha value is -2.31. The van der Waals surface area contributed by atoms with Crippen LogP contribution >= 0.6 is 11.6 Å². The summed E-state index contributed by atoms with van der Waals surface area (Å²) in [6, 6.07) is 10.2. The first-order valence-corrected chi connectivity index (χ1v) is 8.08. The van der Waals surface area contributed by atoms with E-state index in [1.807, 2.05) is 6.07 Å². The lowest BCUT2D eigenvalue weighted by molar-refractivity contribution is 0.0953. The van der Waals surface area contributed by atoms with Crippen molar-refractivity contribution in [3.63, 3.8) is 0 Å². The van der Waals surface area contributed by atoms with Crippen molar-refractivity contribution in [3.05, 3.63) is 53.8 Å². The molecule has 1 saturated heterocycles. The van der Waals surface area contributed by atoms with E-state index in [1.165, 1.54) is 0 Å². The van der Waals surface area contributed by atoms with E-state index in [0.29, 0.717) is 36.2 Å². The molecule has 2 heterocycles. The minimum atomic E-state index is -0.390. The first-order chi connectivity index (χ1) is 11.7. The summed E-state index contributed by atoms with van der Waals surface area (Å²) in [7, 11) is 0. The molecule has 6 nitrogen and oxygen atoms in total. The Kier molecular flexibility index (Phi) is 5.51. The number of ether oxygens (including phenoxy) is 2. The van der Waals surface area contributed by atoms with E-state index < -0.39 is 6.09 Å². The van der Waals surface area contributed by atoms with Gasteiger partial charge < -0.3 is 14.8 Å². The van der Waals surface area contributed by atoms with Crippen LogP contribution in [0.3, 0.4) is 0 Å². The van der Waals surface area contributed by atoms with Crippen molar-refractivity contribution >= 4 is 17.7 Å². The number of benzene rings is 1. The molecule has 0 saturated carbocycles. The van der Waals surface area contributed by atoms with Gasteiger partial charge in [0.15, 0.2) is 0 Å². The van der Waals surface area contributed by atoms with E-state index in [9.17, 15) is 4.79 Å². The highest BCUT2D eigenvalue weighted by Gasteiger charge is 2.28. The summed E-state index contributed by atoms with van der Waals surface area (Å²) in [6.07, 6.45) is 2.94. The predicted molar refractivity (Wildman–Crippen MR) is 90.6 cm³/mol. The summed E-state index contributed by atoms with van der Waals surface area (Å²) in [5.74, 6) is 1.14. The molecule has 1 aliphatic heterocycles. The lowest BCUT2D eigenvalue weighted by atomic mass is 10.2. The number of rotatable bonds is 4. The quantitative estimate of drug-likeness (QED) is 0.921. The van der Waals surface area contributed by atoms with Crippen molar-refractivity contribution in [2.45, 2.75) is 6.04 Å². The molecule has 1 fully saturated rings. The number of nitrogens with zero attached hydrogens (tertiary/aromatic N) is 2. The highest BCUT2D eigenvalue weighted by molar-refractivity contribution is 6.30. The number of halogens is 1. The molecular formula is C17H18ClN3O3. The second-order valence-corrected chi connectivity index (χ2v) is 5.81. The van der Waals surface area contributed by atoms with Gasteiger partial charge in [0, 0.05) is 30.9 Å². The van der Waals surface area contributed by atoms with E-state index in [4.69, 9.17) is 21.1 Å². The number of piperazine rings is 1. The number of nitrogens with one attached hydrogen (secondary N) is 1. The average molecular weight is 348 g/mol. The maximum absolute atomic E-state index is 12.4. The molecule has 24 heavy (non-hydrogen) atoms. The SMILES string of the molecule is O=C(Oc1ccc(Cl)cc1)N1CCNCC1COc1cccnc1. The molecule has 1 amide bonds. The van der Waals surface area contributed by atoms with Crippen LogP contribution in [0.5, 0.6) is 11.5 Å². The van der Waals surface area contributed by atoms with Crippen molar-refractivity contribution in [1.82, 2.24) is 15.2 Å². The third-order valence-corrected chi connectivity index (χ3v) is 3.93. The maximum Gasteiger partial charge on any atom is 0.415 e. The highest BCUT2D eigenvalue weighted by atomic mass is 35.5. The average Bonchev–Trinajstić information content (AvgIpc) is 2.63. The van der Waals surface area contributed by atoms with Crippen LogP contribution < -0.4 is 14.8 Å². The van der Waals surface area contributed by atoms with Crippen LogP contribution in [0.1, 0.15) is 0 Å². The van der Waals surface area contributed by atoms with Gasteiger partial charge in [-0.2, -0.15) is 0 Å². The normalized spacial score (nSPS) is 17.4. The minimum Gasteiger partial charge on any atom is -0.490 e. The largest absolute Gasteiger partial charge is 0.490 e. The molecule has 1 N–H and O–H groups in total. The van der Waals surface area contributed by atoms with Gasteiger partial charge in [0.2, 0.25) is 0 Å². The van der Waals surface area contributed by atoms with Crippen LogP contribution in [0.2, 0.25) is 5.02 Å². The molecule has 1 atom stereocenters. The number of amides is 1. The van der Waals surface area contributed by atoms with Crippen molar-refractivity contribution in [3.8, 4) is 11.5 Å². The second-order valence-electron chi connectivity index (χ2n) is 5.37. The lowest BCUT2D eigenvalue weighted by Crippen LogP contribution is -2.56. The summed E-state index contributed by atoms with van der Waals surface area (Å²) in [6.45, 7) is 2.30. The molecule has 1 unspecified atom stereocenters. The number of pyridine rings is 1. The van der Waals surface area contributed by atoms with Crippen molar-refractivity contribution in [2.24, 2.45) is 0 Å². The zero-order valence-corrected chi connectivity index (χ0v) is 13.8. The summed E-state index contributed by atoms with van der Waals surface area (Å²) >= 11 is 5.84. The summed E-state index contributed by atoms with van der Waals surface area (Å²) in [5, 5.41) is 3.86. The number of hydrogen-bond acceptors (Lipinski definition) is 5. The van der Waals surface area contributed by atoms with E-state index in [1.54, 1.807) is 47.6 Å². The molecule has 3 rings (SSSR count). The highest BCUT2D eigenvalue weighted by Crippen LogP contribution is 2.18. The van der Waals surface area contributed by atoms with Gasteiger partial charge in [0.25, 0.3) is 0 Å². The van der Waals surface area contributed by atoms with Crippen LogP contribution in [0.25, 0.3) is 0 Å². The number of carbonyl (C=O) groups excluding carboxylic acids is 1. The standard InChI is InChI=1S/C17H18ClN3O3/c18-13-3-5-15(6-4-13)24-17(22)21-9-8-20-10-14(21)12-23-16-2-1-7-19-11-16/h1-7,11,14,20H,8-10,12H2. The van der Waals surface area contributed by atoms with Gasteiger partial charge in [0.05, 0.1) is 12.2 Å². The number of hydrogen-bond donors (Lipinski definition) is 1. The summed E-state index contributed by atoms with van der Waals surface area (Å²) in [4.78, 5) is 18.1. The van der Waals surface area contributed by atoms with Gasteiger partial charge in [-0.15, -0.1) is 0 Å². The molecule has 0 spiro atoms. The van der Waals surface area contributed by atoms with Crippen LogP contribution in [0.15, 0.2) is 48.8 Å². The smallest absolute Gasteiger partial charge is 0.415 e. The monoisotopic (exact) mass is 347 g/mol. The minimum absolute atomic E-state index is 0.112. The van der Waals surface area contributed by atoms with Crippen LogP contribution in [-0.2, 0) is 0 Å². The first kappa shape index (κ1) is 16.5. The fourth-order valence-electron chi connectivity index (χ4n) is 2.44. The Morgan fingerprint density at radius 1 is 1.29 bits per heavy atom. The maximum atomic E-state index is 12.4. The zero-order chi connectivity index (χ0) is 16.8. The third kappa shape index (κ3) is 4.37. The molecule has 0 radical (unpaired) electrons. The van der Waals surface area contributed by atoms with Gasteiger partial charge in [0.1, 0.15) is 18.1 Å². The van der Waals surface area contributed by atoms with Gasteiger partial charge in [-0.3, -0.25) is 9.88 Å². The van der Waals surface area contributed by atoms with Crippen molar-refractivity contribution in [2.75, 3.05) is 26.2 Å². The number of carbonyl (C=O) groups is 1. The Balaban J connectivity index is 1.60. The molecule has 1 aromatic heterocycles. The van der Waals surface area contributed by atoms with E-state index >= 15 is 0 Å². The summed E-state index contributed by atoms with van der Waals surface area (Å²) in [5.41, 5.74) is 0.